The Labute approximate surface area is 194 Å². The van der Waals surface area contributed by atoms with E-state index in [1.54, 1.807) is 17.8 Å². The molecule has 0 unspecified atom stereocenters. The van der Waals surface area contributed by atoms with Crippen LogP contribution in [0.2, 0.25) is 5.02 Å². The number of sulfonamides is 1. The van der Waals surface area contributed by atoms with E-state index >= 15 is 0 Å². The van der Waals surface area contributed by atoms with Crippen LogP contribution in [0.25, 0.3) is 0 Å². The summed E-state index contributed by atoms with van der Waals surface area (Å²) in [5.41, 5.74) is 2.49. The van der Waals surface area contributed by atoms with Gasteiger partial charge in [0, 0.05) is 24.5 Å². The van der Waals surface area contributed by atoms with Crippen LogP contribution in [-0.2, 0) is 25.3 Å². The summed E-state index contributed by atoms with van der Waals surface area (Å²) in [6, 6.07) is 12.4. The zero-order valence-corrected chi connectivity index (χ0v) is 19.6. The van der Waals surface area contributed by atoms with Gasteiger partial charge < -0.3 is 10.1 Å². The van der Waals surface area contributed by atoms with E-state index in [2.05, 4.69) is 10.3 Å². The van der Waals surface area contributed by atoms with Crippen LogP contribution < -0.4 is 5.32 Å². The van der Waals surface area contributed by atoms with Gasteiger partial charge in [-0.15, -0.1) is 0 Å². The number of rotatable bonds is 5. The number of halogens is 1. The van der Waals surface area contributed by atoms with E-state index in [0.717, 1.165) is 15.8 Å². The minimum atomic E-state index is -3.77. The highest BCUT2D eigenvalue weighted by molar-refractivity contribution is 8.38. The van der Waals surface area contributed by atoms with Gasteiger partial charge in [-0.25, -0.2) is 13.4 Å². The number of morpholine rings is 1. The molecule has 31 heavy (non-hydrogen) atoms. The lowest BCUT2D eigenvalue weighted by atomic mass is 10.2. The predicted molar refractivity (Wildman–Crippen MR) is 127 cm³/mol. The Morgan fingerprint density at radius 3 is 2.81 bits per heavy atom. The van der Waals surface area contributed by atoms with E-state index in [9.17, 15) is 13.2 Å². The lowest BCUT2D eigenvalue weighted by Gasteiger charge is -2.26. The SMILES string of the molecule is O=C(CSC1=Nc2ccccc2CS1)Nc1ccc(Cl)c(S(=O)(=O)N2CCOCC2)c1. The van der Waals surface area contributed by atoms with Crippen LogP contribution in [-0.4, -0.2) is 55.1 Å². The lowest BCUT2D eigenvalue weighted by molar-refractivity contribution is -0.113. The van der Waals surface area contributed by atoms with Gasteiger partial charge >= 0.3 is 0 Å². The second-order valence-electron chi connectivity index (χ2n) is 6.79. The maximum atomic E-state index is 12.9. The van der Waals surface area contributed by atoms with Gasteiger partial charge in [0.25, 0.3) is 0 Å². The monoisotopic (exact) mass is 497 g/mol. The van der Waals surface area contributed by atoms with E-state index in [1.165, 1.54) is 33.8 Å². The molecule has 1 saturated heterocycles. The molecule has 0 aromatic heterocycles. The van der Waals surface area contributed by atoms with Crippen molar-refractivity contribution in [3.05, 3.63) is 53.1 Å². The molecule has 0 radical (unpaired) electrons. The van der Waals surface area contributed by atoms with Crippen molar-refractivity contribution in [3.63, 3.8) is 0 Å². The summed E-state index contributed by atoms with van der Waals surface area (Å²) < 4.78 is 33.3. The van der Waals surface area contributed by atoms with E-state index < -0.39 is 10.0 Å². The topological polar surface area (TPSA) is 88.1 Å². The molecule has 4 rings (SSSR count). The maximum absolute atomic E-state index is 12.9. The molecule has 0 spiro atoms. The molecule has 0 bridgehead atoms. The van der Waals surface area contributed by atoms with Crippen molar-refractivity contribution in [2.24, 2.45) is 4.99 Å². The maximum Gasteiger partial charge on any atom is 0.244 e. The van der Waals surface area contributed by atoms with Gasteiger partial charge in [-0.05, 0) is 29.8 Å². The molecule has 1 fully saturated rings. The van der Waals surface area contributed by atoms with Crippen LogP contribution >= 0.6 is 35.1 Å². The second-order valence-corrected chi connectivity index (χ2v) is 11.3. The number of hydrogen-bond acceptors (Lipinski definition) is 7. The molecule has 2 aromatic carbocycles. The molecule has 7 nitrogen and oxygen atoms in total. The van der Waals surface area contributed by atoms with Crippen LogP contribution in [0.4, 0.5) is 11.4 Å². The Kier molecular flexibility index (Phi) is 7.25. The highest BCUT2D eigenvalue weighted by atomic mass is 35.5. The van der Waals surface area contributed by atoms with Crippen molar-refractivity contribution in [3.8, 4) is 0 Å². The Hall–Kier alpha value is -1.56. The molecule has 2 aliphatic heterocycles. The highest BCUT2D eigenvalue weighted by Gasteiger charge is 2.28. The summed E-state index contributed by atoms with van der Waals surface area (Å²) in [5.74, 6) is 0.746. The van der Waals surface area contributed by atoms with E-state index in [0.29, 0.717) is 18.9 Å². The molecular formula is C20H20ClN3O4S3. The quantitative estimate of drug-likeness (QED) is 0.672. The zero-order valence-electron chi connectivity index (χ0n) is 16.4. The molecule has 2 heterocycles. The first kappa shape index (κ1) is 22.6. The minimum absolute atomic E-state index is 0.0228. The summed E-state index contributed by atoms with van der Waals surface area (Å²) in [5, 5.41) is 2.87. The minimum Gasteiger partial charge on any atom is -0.379 e. The number of nitrogens with zero attached hydrogens (tertiary/aromatic N) is 2. The highest BCUT2D eigenvalue weighted by Crippen LogP contribution is 2.34. The molecule has 164 valence electrons. The van der Waals surface area contributed by atoms with Crippen molar-refractivity contribution in [1.82, 2.24) is 4.31 Å². The number of para-hydroxylation sites is 1. The number of nitrogens with one attached hydrogen (secondary N) is 1. The van der Waals surface area contributed by atoms with Crippen molar-refractivity contribution in [2.75, 3.05) is 37.4 Å². The van der Waals surface area contributed by atoms with Gasteiger partial charge in [-0.3, -0.25) is 4.79 Å². The third-order valence-electron chi connectivity index (χ3n) is 4.68. The number of carbonyl (C=O) groups excluding carboxylic acids is 1. The molecule has 1 amide bonds. The fourth-order valence-corrected chi connectivity index (χ4v) is 6.89. The third-order valence-corrected chi connectivity index (χ3v) is 9.31. The van der Waals surface area contributed by atoms with Gasteiger partial charge in [0.15, 0.2) is 0 Å². The number of hydrogen-bond donors (Lipinski definition) is 1. The number of benzene rings is 2. The number of aliphatic imine (C=N–C) groups is 1. The number of fused-ring (bicyclic) bond motifs is 1. The van der Waals surface area contributed by atoms with Crippen molar-refractivity contribution >= 4 is 66.8 Å². The second kappa shape index (κ2) is 9.93. The molecule has 2 aromatic rings. The first-order valence-corrected chi connectivity index (χ1v) is 13.3. The number of amides is 1. The van der Waals surface area contributed by atoms with Crippen molar-refractivity contribution in [2.45, 2.75) is 10.6 Å². The van der Waals surface area contributed by atoms with E-state index in [-0.39, 0.29) is 34.7 Å². The summed E-state index contributed by atoms with van der Waals surface area (Å²) in [7, 11) is -3.77. The van der Waals surface area contributed by atoms with Crippen molar-refractivity contribution < 1.29 is 17.9 Å². The van der Waals surface area contributed by atoms with Crippen LogP contribution in [0, 0.1) is 0 Å². The number of anilines is 1. The van der Waals surface area contributed by atoms with Gasteiger partial charge in [-0.1, -0.05) is 53.3 Å². The average molecular weight is 498 g/mol. The fourth-order valence-electron chi connectivity index (χ4n) is 3.12. The van der Waals surface area contributed by atoms with Gasteiger partial charge in [0.1, 0.15) is 9.27 Å². The first-order valence-electron chi connectivity index (χ1n) is 9.53. The lowest BCUT2D eigenvalue weighted by Crippen LogP contribution is -2.40. The standard InChI is InChI=1S/C20H20ClN3O4S3/c21-16-6-5-15(11-18(16)31(26,27)24-7-9-28-10-8-24)22-19(25)13-30-20-23-17-4-2-1-3-14(17)12-29-20/h1-6,11H,7-10,12-13H2,(H,22,25). The van der Waals surface area contributed by atoms with Gasteiger partial charge in [0.2, 0.25) is 15.9 Å². The molecule has 0 atom stereocenters. The smallest absolute Gasteiger partial charge is 0.244 e. The predicted octanol–water partition coefficient (Wildman–Crippen LogP) is 3.97. The van der Waals surface area contributed by atoms with Crippen LogP contribution in [0.15, 0.2) is 52.4 Å². The number of ether oxygens (including phenoxy) is 1. The third kappa shape index (κ3) is 5.44. The zero-order chi connectivity index (χ0) is 21.8. The van der Waals surface area contributed by atoms with Gasteiger partial charge in [-0.2, -0.15) is 4.31 Å². The van der Waals surface area contributed by atoms with Crippen LogP contribution in [0.3, 0.4) is 0 Å². The summed E-state index contributed by atoms with van der Waals surface area (Å²) in [4.78, 5) is 17.0. The molecule has 0 saturated carbocycles. The number of carbonyl (C=O) groups is 1. The van der Waals surface area contributed by atoms with Crippen LogP contribution in [0.5, 0.6) is 0 Å². The molecule has 1 N–H and O–H groups in total. The first-order chi connectivity index (χ1) is 14.9. The molecule has 0 aliphatic carbocycles. The summed E-state index contributed by atoms with van der Waals surface area (Å²) in [6.45, 7) is 1.23. The van der Waals surface area contributed by atoms with Gasteiger partial charge in [0.05, 0.1) is 29.7 Å². The normalized spacial score (nSPS) is 17.0. The van der Waals surface area contributed by atoms with E-state index in [4.69, 9.17) is 16.3 Å². The molecule has 11 heteroatoms. The Bertz CT molecular complexity index is 1120. The largest absolute Gasteiger partial charge is 0.379 e. The number of thioether (sulfide) groups is 2. The molecular weight excluding hydrogens is 478 g/mol. The Morgan fingerprint density at radius 1 is 1.23 bits per heavy atom. The van der Waals surface area contributed by atoms with Crippen molar-refractivity contribution in [1.29, 1.82) is 0 Å². The molecule has 2 aliphatic rings. The Morgan fingerprint density at radius 2 is 2.00 bits per heavy atom. The average Bonchev–Trinajstić information content (AvgIpc) is 2.79. The van der Waals surface area contributed by atoms with E-state index in [1.807, 2.05) is 24.3 Å². The Balaban J connectivity index is 1.41. The summed E-state index contributed by atoms with van der Waals surface area (Å²) in [6.07, 6.45) is 0. The fraction of sp³-hybridized carbons (Fsp3) is 0.300. The summed E-state index contributed by atoms with van der Waals surface area (Å²) >= 11 is 9.12. The van der Waals surface area contributed by atoms with Crippen LogP contribution in [0.1, 0.15) is 5.56 Å².